The summed E-state index contributed by atoms with van der Waals surface area (Å²) in [7, 11) is 0. The second kappa shape index (κ2) is 2.63. The fourth-order valence-corrected chi connectivity index (χ4v) is 1.44. The molecule has 0 N–H and O–H groups in total. The first kappa shape index (κ1) is 7.35. The zero-order valence-electron chi connectivity index (χ0n) is 6.95. The Labute approximate surface area is 71.6 Å². The van der Waals surface area contributed by atoms with E-state index in [0.717, 1.165) is 12.1 Å². The molecule has 2 heteroatoms. The predicted octanol–water partition coefficient (Wildman–Crippen LogP) is 1.64. The van der Waals surface area contributed by atoms with Crippen LogP contribution in [-0.4, -0.2) is 5.91 Å². The molecule has 1 aromatic carbocycles. The van der Waals surface area contributed by atoms with E-state index in [4.69, 9.17) is 0 Å². The molecule has 1 aliphatic rings. The van der Waals surface area contributed by atoms with Crippen LogP contribution in [0.3, 0.4) is 0 Å². The molecular formula is C10H10NO. The molecule has 1 aliphatic heterocycles. The maximum absolute atomic E-state index is 11.2. The monoisotopic (exact) mass is 160 g/mol. The number of amides is 1. The Morgan fingerprint density at radius 1 is 1.42 bits per heavy atom. The maximum Gasteiger partial charge on any atom is 0.249 e. The van der Waals surface area contributed by atoms with Crippen molar-refractivity contribution in [2.75, 3.05) is 0 Å². The van der Waals surface area contributed by atoms with E-state index in [2.05, 4.69) is 5.32 Å². The Morgan fingerprint density at radius 3 is 3.00 bits per heavy atom. The van der Waals surface area contributed by atoms with E-state index in [1.165, 1.54) is 5.56 Å². The molecule has 0 bridgehead atoms. The number of rotatable bonds is 0. The van der Waals surface area contributed by atoms with E-state index in [-0.39, 0.29) is 11.8 Å². The predicted molar refractivity (Wildman–Crippen MR) is 46.1 cm³/mol. The first-order valence-electron chi connectivity index (χ1n) is 4.11. The van der Waals surface area contributed by atoms with Crippen molar-refractivity contribution < 1.29 is 4.79 Å². The lowest BCUT2D eigenvalue weighted by molar-refractivity contribution is -0.124. The van der Waals surface area contributed by atoms with Crippen LogP contribution in [0.2, 0.25) is 0 Å². The molecule has 61 valence electrons. The molecule has 0 aliphatic carbocycles. The molecule has 1 unspecified atom stereocenters. The summed E-state index contributed by atoms with van der Waals surface area (Å²) < 4.78 is 0. The lowest BCUT2D eigenvalue weighted by Crippen LogP contribution is -2.26. The second-order valence-corrected chi connectivity index (χ2v) is 3.18. The first-order chi connectivity index (χ1) is 5.77. The normalized spacial score (nSPS) is 21.4. The van der Waals surface area contributed by atoms with Crippen molar-refractivity contribution in [3.05, 3.63) is 29.8 Å². The largest absolute Gasteiger partial charge is 0.272 e. The van der Waals surface area contributed by atoms with E-state index >= 15 is 0 Å². The molecule has 1 aromatic rings. The van der Waals surface area contributed by atoms with Gasteiger partial charge in [-0.05, 0) is 18.1 Å². The van der Waals surface area contributed by atoms with Gasteiger partial charge in [-0.3, -0.25) is 4.79 Å². The summed E-state index contributed by atoms with van der Waals surface area (Å²) in [5.41, 5.74) is 2.03. The van der Waals surface area contributed by atoms with Crippen LogP contribution in [-0.2, 0) is 11.2 Å². The van der Waals surface area contributed by atoms with Crippen molar-refractivity contribution in [1.29, 1.82) is 0 Å². The molecule has 2 nitrogen and oxygen atoms in total. The highest BCUT2D eigenvalue weighted by Gasteiger charge is 2.22. The van der Waals surface area contributed by atoms with E-state index in [1.807, 2.05) is 31.2 Å². The molecule has 1 radical (unpaired) electrons. The first-order valence-corrected chi connectivity index (χ1v) is 4.11. The highest BCUT2D eigenvalue weighted by atomic mass is 16.1. The summed E-state index contributed by atoms with van der Waals surface area (Å²) in [5, 5.41) is 3.99. The Balaban J connectivity index is 2.40. The molecule has 1 atom stereocenters. The lowest BCUT2D eigenvalue weighted by atomic mass is 9.95. The van der Waals surface area contributed by atoms with Crippen molar-refractivity contribution in [1.82, 2.24) is 5.32 Å². The van der Waals surface area contributed by atoms with Gasteiger partial charge >= 0.3 is 0 Å². The van der Waals surface area contributed by atoms with Gasteiger partial charge in [0.15, 0.2) is 0 Å². The van der Waals surface area contributed by atoms with Crippen LogP contribution >= 0.6 is 0 Å². The van der Waals surface area contributed by atoms with Gasteiger partial charge < -0.3 is 0 Å². The second-order valence-electron chi connectivity index (χ2n) is 3.18. The molecular weight excluding hydrogens is 150 g/mol. The molecule has 0 spiro atoms. The zero-order valence-corrected chi connectivity index (χ0v) is 6.95. The van der Waals surface area contributed by atoms with Gasteiger partial charge in [-0.25, -0.2) is 5.32 Å². The number of benzene rings is 1. The molecule has 1 heterocycles. The Hall–Kier alpha value is -1.31. The van der Waals surface area contributed by atoms with Gasteiger partial charge in [-0.2, -0.15) is 0 Å². The van der Waals surface area contributed by atoms with E-state index in [1.54, 1.807) is 0 Å². The highest BCUT2D eigenvalue weighted by Crippen LogP contribution is 2.24. The zero-order chi connectivity index (χ0) is 8.55. The number of hydrogen-bond acceptors (Lipinski definition) is 1. The fourth-order valence-electron chi connectivity index (χ4n) is 1.44. The molecule has 12 heavy (non-hydrogen) atoms. The Bertz CT molecular complexity index is 319. The third-order valence-corrected chi connectivity index (χ3v) is 2.17. The van der Waals surface area contributed by atoms with Crippen LogP contribution in [0, 0.1) is 5.92 Å². The molecule has 2 rings (SSSR count). The number of nitrogens with zero attached hydrogens (tertiary/aromatic N) is 1. The summed E-state index contributed by atoms with van der Waals surface area (Å²) in [6, 6.07) is 7.81. The summed E-state index contributed by atoms with van der Waals surface area (Å²) in [4.78, 5) is 11.2. The van der Waals surface area contributed by atoms with Crippen LogP contribution in [0.15, 0.2) is 24.3 Å². The third kappa shape index (κ3) is 1.09. The molecule has 0 saturated carbocycles. The van der Waals surface area contributed by atoms with Crippen LogP contribution in [0.25, 0.3) is 0 Å². The number of carbonyl (C=O) groups is 1. The number of carbonyl (C=O) groups excluding carboxylic acids is 1. The summed E-state index contributed by atoms with van der Waals surface area (Å²) in [5.74, 6) is 0.0635. The molecule has 0 aromatic heterocycles. The quantitative estimate of drug-likeness (QED) is 0.567. The fraction of sp³-hybridized carbons (Fsp3) is 0.300. The molecule has 1 amide bonds. The molecule has 0 fully saturated rings. The lowest BCUT2D eigenvalue weighted by Gasteiger charge is -2.18. The van der Waals surface area contributed by atoms with Gasteiger partial charge in [0.1, 0.15) is 0 Å². The van der Waals surface area contributed by atoms with E-state index < -0.39 is 0 Å². The van der Waals surface area contributed by atoms with Gasteiger partial charge in [0.2, 0.25) is 5.91 Å². The third-order valence-electron chi connectivity index (χ3n) is 2.17. The van der Waals surface area contributed by atoms with Gasteiger partial charge in [0, 0.05) is 5.92 Å². The van der Waals surface area contributed by atoms with Gasteiger partial charge in [0.05, 0.1) is 5.69 Å². The van der Waals surface area contributed by atoms with Crippen LogP contribution in [0.1, 0.15) is 12.5 Å². The number of fused-ring (bicyclic) bond motifs is 1. The van der Waals surface area contributed by atoms with Crippen molar-refractivity contribution in [3.63, 3.8) is 0 Å². The minimum Gasteiger partial charge on any atom is -0.272 e. The maximum atomic E-state index is 11.2. The van der Waals surface area contributed by atoms with Crippen LogP contribution in [0.4, 0.5) is 5.69 Å². The van der Waals surface area contributed by atoms with Crippen molar-refractivity contribution in [2.24, 2.45) is 5.92 Å². The Kier molecular flexibility index (Phi) is 1.61. The van der Waals surface area contributed by atoms with Crippen molar-refractivity contribution >= 4 is 11.6 Å². The summed E-state index contributed by atoms with van der Waals surface area (Å²) in [6.45, 7) is 1.92. The van der Waals surface area contributed by atoms with E-state index in [0.29, 0.717) is 0 Å². The molecule has 0 saturated heterocycles. The number of hydrogen-bond donors (Lipinski definition) is 0. The number of para-hydroxylation sites is 1. The minimum absolute atomic E-state index is 0.00806. The summed E-state index contributed by atoms with van der Waals surface area (Å²) >= 11 is 0. The topological polar surface area (TPSA) is 31.2 Å². The van der Waals surface area contributed by atoms with Gasteiger partial charge in [-0.15, -0.1) is 0 Å². The average molecular weight is 160 g/mol. The Morgan fingerprint density at radius 2 is 2.17 bits per heavy atom. The standard InChI is InChI=1S/C10H10NO/c1-7-6-8-4-2-3-5-9(8)11-10(7)12/h2-5,7H,6H2,1H3. The van der Waals surface area contributed by atoms with Gasteiger partial charge in [-0.1, -0.05) is 25.1 Å². The van der Waals surface area contributed by atoms with Crippen molar-refractivity contribution in [3.8, 4) is 0 Å². The smallest absolute Gasteiger partial charge is 0.249 e. The highest BCUT2D eigenvalue weighted by molar-refractivity contribution is 5.85. The average Bonchev–Trinajstić information content (AvgIpc) is 2.07. The SMILES string of the molecule is CC1Cc2ccccc2[N]C1=O. The van der Waals surface area contributed by atoms with Crippen LogP contribution in [0.5, 0.6) is 0 Å². The summed E-state index contributed by atoms with van der Waals surface area (Å²) in [6.07, 6.45) is 0.832. The van der Waals surface area contributed by atoms with Gasteiger partial charge in [0.25, 0.3) is 0 Å². The van der Waals surface area contributed by atoms with Crippen molar-refractivity contribution in [2.45, 2.75) is 13.3 Å². The van der Waals surface area contributed by atoms with Crippen LogP contribution < -0.4 is 5.32 Å². The minimum atomic E-state index is 0.00806. The van der Waals surface area contributed by atoms with E-state index in [9.17, 15) is 4.79 Å².